The van der Waals surface area contributed by atoms with Crippen LogP contribution in [0.2, 0.25) is 0 Å². The molecule has 198 valence electrons. The molecule has 0 aromatic heterocycles. The minimum Gasteiger partial charge on any atom is -0.299 e. The summed E-state index contributed by atoms with van der Waals surface area (Å²) in [5.74, 6) is 2.11. The van der Waals surface area contributed by atoms with Gasteiger partial charge in [-0.15, -0.1) is 0 Å². The van der Waals surface area contributed by atoms with Gasteiger partial charge in [0.1, 0.15) is 5.78 Å². The van der Waals surface area contributed by atoms with E-state index in [1.54, 1.807) is 5.57 Å². The molecule has 3 nitrogen and oxygen atoms in total. The number of hydrogen-bond acceptors (Lipinski definition) is 3. The summed E-state index contributed by atoms with van der Waals surface area (Å²) in [6.45, 7) is 4.47. The standard InChI is InChI=1S/C24H26O2.C10H19N/c1-24-14-20(15-5-3-2-4-6-15)23-18-10-8-17(25)13-16(18)7-9-19(23)21(24)11-12-22(24)26;1-2-3-4-5-6-7-8-9-10-11/h2-6,13,19-21H,7-12,14H2,1H3;2-9H2,1H3/t19?,20-,21?,24+;/m1./s1. The second-order valence-corrected chi connectivity index (χ2v) is 11.9. The van der Waals surface area contributed by atoms with E-state index in [2.05, 4.69) is 50.2 Å². The first-order valence-electron chi connectivity index (χ1n) is 14.9. The van der Waals surface area contributed by atoms with Crippen LogP contribution in [-0.4, -0.2) is 11.6 Å². The van der Waals surface area contributed by atoms with E-state index < -0.39 is 0 Å². The van der Waals surface area contributed by atoms with Gasteiger partial charge in [0.15, 0.2) is 5.78 Å². The van der Waals surface area contributed by atoms with Crippen molar-refractivity contribution in [3.63, 3.8) is 0 Å². The summed E-state index contributed by atoms with van der Waals surface area (Å²) >= 11 is 0. The first-order chi connectivity index (χ1) is 18.0. The predicted octanol–water partition coefficient (Wildman–Crippen LogP) is 8.81. The fraction of sp³-hybridized carbons (Fsp3) is 0.618. The van der Waals surface area contributed by atoms with Crippen molar-refractivity contribution in [1.29, 1.82) is 5.26 Å². The molecule has 0 aliphatic heterocycles. The van der Waals surface area contributed by atoms with Crippen molar-refractivity contribution >= 4 is 11.6 Å². The Bertz CT molecular complexity index is 1060. The molecule has 0 amide bonds. The smallest absolute Gasteiger partial charge is 0.156 e. The van der Waals surface area contributed by atoms with Crippen LogP contribution in [0.4, 0.5) is 0 Å². The van der Waals surface area contributed by atoms with Crippen LogP contribution in [0.25, 0.3) is 0 Å². The number of carbonyl (C=O) groups excluding carboxylic acids is 2. The Morgan fingerprint density at radius 3 is 2.38 bits per heavy atom. The molecular weight excluding hydrogens is 454 g/mol. The Labute approximate surface area is 224 Å². The summed E-state index contributed by atoms with van der Waals surface area (Å²) in [6, 6.07) is 12.9. The van der Waals surface area contributed by atoms with Gasteiger partial charge in [0.05, 0.1) is 6.07 Å². The lowest BCUT2D eigenvalue weighted by Crippen LogP contribution is -2.43. The third-order valence-electron chi connectivity index (χ3n) is 9.54. The average molecular weight is 500 g/mol. The van der Waals surface area contributed by atoms with Gasteiger partial charge in [0, 0.05) is 30.6 Å². The summed E-state index contributed by atoms with van der Waals surface area (Å²) in [4.78, 5) is 24.8. The van der Waals surface area contributed by atoms with E-state index in [0.717, 1.165) is 51.4 Å². The number of unbranched alkanes of at least 4 members (excludes halogenated alkanes) is 7. The highest BCUT2D eigenvalue weighted by molar-refractivity contribution is 5.93. The van der Waals surface area contributed by atoms with Gasteiger partial charge in [-0.2, -0.15) is 5.26 Å². The summed E-state index contributed by atoms with van der Waals surface area (Å²) in [5.41, 5.74) is 5.52. The number of nitriles is 1. The van der Waals surface area contributed by atoms with Crippen LogP contribution >= 0.6 is 0 Å². The molecule has 0 spiro atoms. The quantitative estimate of drug-likeness (QED) is 0.336. The zero-order valence-corrected chi connectivity index (χ0v) is 23.1. The first-order valence-corrected chi connectivity index (χ1v) is 14.9. The molecule has 0 N–H and O–H groups in total. The van der Waals surface area contributed by atoms with Gasteiger partial charge in [0.2, 0.25) is 0 Å². The van der Waals surface area contributed by atoms with E-state index in [1.165, 1.54) is 55.2 Å². The molecule has 5 rings (SSSR count). The lowest BCUT2D eigenvalue weighted by Gasteiger charge is -2.50. The van der Waals surface area contributed by atoms with E-state index in [0.29, 0.717) is 30.0 Å². The highest BCUT2D eigenvalue weighted by Gasteiger charge is 2.56. The Morgan fingerprint density at radius 1 is 0.919 bits per heavy atom. The number of rotatable bonds is 8. The minimum atomic E-state index is -0.166. The summed E-state index contributed by atoms with van der Waals surface area (Å²) in [5, 5.41) is 8.26. The molecule has 0 bridgehead atoms. The second kappa shape index (κ2) is 12.9. The van der Waals surface area contributed by atoms with Crippen LogP contribution in [0.3, 0.4) is 0 Å². The van der Waals surface area contributed by atoms with Crippen molar-refractivity contribution in [1.82, 2.24) is 0 Å². The maximum atomic E-state index is 12.8. The molecule has 0 heterocycles. The molecule has 0 radical (unpaired) electrons. The summed E-state index contributed by atoms with van der Waals surface area (Å²) in [6.07, 6.45) is 18.2. The lowest BCUT2D eigenvalue weighted by molar-refractivity contribution is -0.128. The normalized spacial score (nSPS) is 28.4. The number of hydrogen-bond donors (Lipinski definition) is 0. The zero-order chi connectivity index (χ0) is 26.3. The van der Waals surface area contributed by atoms with Crippen LogP contribution in [0.1, 0.15) is 122 Å². The van der Waals surface area contributed by atoms with Crippen molar-refractivity contribution in [3.8, 4) is 6.07 Å². The second-order valence-electron chi connectivity index (χ2n) is 11.9. The van der Waals surface area contributed by atoms with Gasteiger partial charge in [-0.25, -0.2) is 0 Å². The van der Waals surface area contributed by atoms with Crippen molar-refractivity contribution in [3.05, 3.63) is 58.7 Å². The molecule has 2 fully saturated rings. The highest BCUT2D eigenvalue weighted by atomic mass is 16.1. The number of allylic oxidation sites excluding steroid dienone is 4. The van der Waals surface area contributed by atoms with Crippen LogP contribution in [0.15, 0.2) is 53.1 Å². The largest absolute Gasteiger partial charge is 0.299 e. The molecule has 0 saturated heterocycles. The molecule has 37 heavy (non-hydrogen) atoms. The first kappa shape index (κ1) is 27.6. The summed E-state index contributed by atoms with van der Waals surface area (Å²) in [7, 11) is 0. The minimum absolute atomic E-state index is 0.166. The molecule has 4 aliphatic rings. The Kier molecular flexibility index (Phi) is 9.58. The third-order valence-corrected chi connectivity index (χ3v) is 9.54. The van der Waals surface area contributed by atoms with Crippen molar-refractivity contribution in [2.75, 3.05) is 0 Å². The van der Waals surface area contributed by atoms with Crippen molar-refractivity contribution in [2.24, 2.45) is 17.3 Å². The van der Waals surface area contributed by atoms with Crippen LogP contribution in [-0.2, 0) is 9.59 Å². The maximum Gasteiger partial charge on any atom is 0.156 e. The van der Waals surface area contributed by atoms with Gasteiger partial charge < -0.3 is 0 Å². The topological polar surface area (TPSA) is 57.9 Å². The molecule has 1 aromatic carbocycles. The number of fused-ring (bicyclic) bond motifs is 4. The van der Waals surface area contributed by atoms with E-state index in [-0.39, 0.29) is 11.2 Å². The lowest BCUT2D eigenvalue weighted by atomic mass is 9.53. The molecule has 4 atom stereocenters. The van der Waals surface area contributed by atoms with Crippen molar-refractivity contribution < 1.29 is 9.59 Å². The Morgan fingerprint density at radius 2 is 1.65 bits per heavy atom. The van der Waals surface area contributed by atoms with Gasteiger partial charge >= 0.3 is 0 Å². The van der Waals surface area contributed by atoms with E-state index in [9.17, 15) is 9.59 Å². The third kappa shape index (κ3) is 6.17. The molecule has 4 aliphatic carbocycles. The zero-order valence-electron chi connectivity index (χ0n) is 23.1. The van der Waals surface area contributed by atoms with E-state index in [1.807, 2.05) is 6.08 Å². The van der Waals surface area contributed by atoms with Gasteiger partial charge in [-0.05, 0) is 73.1 Å². The number of ketones is 2. The molecule has 3 heteroatoms. The Balaban J connectivity index is 0.000000249. The average Bonchev–Trinajstić information content (AvgIpc) is 3.22. The monoisotopic (exact) mass is 499 g/mol. The van der Waals surface area contributed by atoms with E-state index in [4.69, 9.17) is 5.26 Å². The number of benzene rings is 1. The SMILES string of the molecule is CCCCCCCCCC#N.C[C@]12C[C@H](c3ccccc3)C3=C4CCC(=O)C=C4CCC3C1CCC2=O. The molecule has 1 aromatic rings. The maximum absolute atomic E-state index is 12.8. The Hall–Kier alpha value is -2.47. The fourth-order valence-corrected chi connectivity index (χ4v) is 7.58. The number of Topliss-reactive ketones (excluding diaryl/α,β-unsaturated/α-hetero) is 1. The van der Waals surface area contributed by atoms with Crippen LogP contribution in [0, 0.1) is 28.6 Å². The molecular formula is C34H45NO2. The van der Waals surface area contributed by atoms with Crippen LogP contribution < -0.4 is 0 Å². The summed E-state index contributed by atoms with van der Waals surface area (Å²) < 4.78 is 0. The van der Waals surface area contributed by atoms with Gasteiger partial charge in [-0.3, -0.25) is 9.59 Å². The fourth-order valence-electron chi connectivity index (χ4n) is 7.58. The van der Waals surface area contributed by atoms with Crippen LogP contribution in [0.5, 0.6) is 0 Å². The molecule has 2 saturated carbocycles. The van der Waals surface area contributed by atoms with Crippen molar-refractivity contribution in [2.45, 2.75) is 116 Å². The van der Waals surface area contributed by atoms with Gasteiger partial charge in [0.25, 0.3) is 0 Å². The predicted molar refractivity (Wildman–Crippen MR) is 150 cm³/mol. The van der Waals surface area contributed by atoms with E-state index >= 15 is 0 Å². The number of nitrogens with zero attached hydrogens (tertiary/aromatic N) is 1. The van der Waals surface area contributed by atoms with Gasteiger partial charge in [-0.1, -0.05) is 88.3 Å². The number of carbonyl (C=O) groups is 2. The highest BCUT2D eigenvalue weighted by Crippen LogP contribution is 2.62. The molecule has 2 unspecified atom stereocenters.